The molecule has 0 bridgehead atoms. The van der Waals surface area contributed by atoms with Gasteiger partial charge in [-0.25, -0.2) is 13.1 Å². The molecule has 0 fully saturated rings. The minimum Gasteiger partial charge on any atom is -0.338 e. The van der Waals surface area contributed by atoms with E-state index in [1.807, 2.05) is 12.1 Å². The normalized spacial score (nSPS) is 11.8. The van der Waals surface area contributed by atoms with E-state index in [1.54, 1.807) is 47.0 Å². The van der Waals surface area contributed by atoms with Crippen LogP contribution in [0.15, 0.2) is 80.9 Å². The molecule has 2 aromatic heterocycles. The summed E-state index contributed by atoms with van der Waals surface area (Å²) >= 11 is 12.8. The number of aromatic nitrogens is 3. The maximum absolute atomic E-state index is 12.9. The summed E-state index contributed by atoms with van der Waals surface area (Å²) in [5, 5.41) is 5.06. The first-order valence-electron chi connectivity index (χ1n) is 10.2. The van der Waals surface area contributed by atoms with Gasteiger partial charge in [0.15, 0.2) is 0 Å². The number of sulfonamides is 1. The Morgan fingerprint density at radius 2 is 1.66 bits per heavy atom. The van der Waals surface area contributed by atoms with Gasteiger partial charge in [0.2, 0.25) is 21.7 Å². The molecule has 1 N–H and O–H groups in total. The summed E-state index contributed by atoms with van der Waals surface area (Å²) in [7, 11) is -3.89. The van der Waals surface area contributed by atoms with Crippen LogP contribution in [0.1, 0.15) is 11.5 Å². The van der Waals surface area contributed by atoms with Crippen LogP contribution >= 0.6 is 34.5 Å². The molecule has 0 aliphatic carbocycles. The fourth-order valence-electron chi connectivity index (χ4n) is 3.42. The molecule has 0 aliphatic heterocycles. The number of nitrogens with zero attached hydrogens (tertiary/aromatic N) is 3. The van der Waals surface area contributed by atoms with Crippen molar-refractivity contribution in [3.8, 4) is 11.4 Å². The Morgan fingerprint density at radius 3 is 2.37 bits per heavy atom. The van der Waals surface area contributed by atoms with Gasteiger partial charge in [0.1, 0.15) is 0 Å². The van der Waals surface area contributed by atoms with Crippen LogP contribution in [0.3, 0.4) is 0 Å². The van der Waals surface area contributed by atoms with Crippen molar-refractivity contribution in [2.24, 2.45) is 0 Å². The summed E-state index contributed by atoms with van der Waals surface area (Å²) in [5.41, 5.74) is 2.25. The first-order valence-corrected chi connectivity index (χ1v) is 13.3. The predicted octanol–water partition coefficient (Wildman–Crippen LogP) is 4.95. The van der Waals surface area contributed by atoms with Crippen molar-refractivity contribution >= 4 is 54.8 Å². The maximum atomic E-state index is 12.9. The number of benzene rings is 3. The highest BCUT2D eigenvalue weighted by molar-refractivity contribution is 7.89. The second-order valence-electron chi connectivity index (χ2n) is 7.55. The Hall–Kier alpha value is -3.02. The maximum Gasteiger partial charge on any atom is 0.308 e. The standard InChI is InChI=1S/C23H16Cl2N4O4S2/c24-16-5-1-14(2-6-16)13-29-19-10-9-18(11-20(19)34-23(29)30)35(31,32)26-12-21-27-22(28-33-21)15-3-7-17(25)8-4-15/h1-11,26H,12-13H2. The van der Waals surface area contributed by atoms with E-state index in [-0.39, 0.29) is 22.2 Å². The quantitative estimate of drug-likeness (QED) is 0.309. The summed E-state index contributed by atoms with van der Waals surface area (Å²) in [6.45, 7) is 0.169. The van der Waals surface area contributed by atoms with Crippen molar-refractivity contribution in [2.75, 3.05) is 0 Å². The Kier molecular flexibility index (Phi) is 6.47. The van der Waals surface area contributed by atoms with E-state index in [4.69, 9.17) is 27.7 Å². The summed E-state index contributed by atoms with van der Waals surface area (Å²) in [6, 6.07) is 18.6. The summed E-state index contributed by atoms with van der Waals surface area (Å²) < 4.78 is 35.5. The highest BCUT2D eigenvalue weighted by Crippen LogP contribution is 2.23. The molecule has 0 amide bonds. The molecule has 0 saturated heterocycles. The number of hydrogen-bond acceptors (Lipinski definition) is 7. The van der Waals surface area contributed by atoms with Gasteiger partial charge in [-0.15, -0.1) is 0 Å². The third-order valence-corrected chi connectivity index (χ3v) is 8.03. The molecule has 0 atom stereocenters. The first kappa shape index (κ1) is 23.7. The lowest BCUT2D eigenvalue weighted by molar-refractivity contribution is 0.376. The zero-order chi connectivity index (χ0) is 24.6. The average Bonchev–Trinajstić information content (AvgIpc) is 3.44. The van der Waals surface area contributed by atoms with Gasteiger partial charge >= 0.3 is 4.87 Å². The van der Waals surface area contributed by atoms with E-state index in [0.717, 1.165) is 16.9 Å². The van der Waals surface area contributed by atoms with Crippen molar-refractivity contribution in [1.29, 1.82) is 0 Å². The molecule has 35 heavy (non-hydrogen) atoms. The minimum atomic E-state index is -3.89. The van der Waals surface area contributed by atoms with Crippen molar-refractivity contribution in [3.63, 3.8) is 0 Å². The highest BCUT2D eigenvalue weighted by atomic mass is 35.5. The van der Waals surface area contributed by atoms with E-state index in [9.17, 15) is 13.2 Å². The van der Waals surface area contributed by atoms with Crippen LogP contribution in [-0.2, 0) is 23.1 Å². The topological polar surface area (TPSA) is 107 Å². The molecular weight excluding hydrogens is 531 g/mol. The smallest absolute Gasteiger partial charge is 0.308 e. The van der Waals surface area contributed by atoms with Crippen LogP contribution < -0.4 is 9.60 Å². The van der Waals surface area contributed by atoms with Crippen LogP contribution in [0.4, 0.5) is 0 Å². The van der Waals surface area contributed by atoms with Gasteiger partial charge in [0.05, 0.1) is 28.2 Å². The molecule has 0 unspecified atom stereocenters. The molecular formula is C23H16Cl2N4O4S2. The number of fused-ring (bicyclic) bond motifs is 1. The number of nitrogens with one attached hydrogen (secondary N) is 1. The van der Waals surface area contributed by atoms with E-state index < -0.39 is 10.0 Å². The molecule has 3 aromatic carbocycles. The largest absolute Gasteiger partial charge is 0.338 e. The van der Waals surface area contributed by atoms with Crippen molar-refractivity contribution in [3.05, 3.63) is 97.9 Å². The lowest BCUT2D eigenvalue weighted by Crippen LogP contribution is -2.23. The lowest BCUT2D eigenvalue weighted by atomic mass is 10.2. The minimum absolute atomic E-state index is 0.0299. The molecule has 5 rings (SSSR count). The zero-order valence-corrected chi connectivity index (χ0v) is 21.0. The molecule has 0 spiro atoms. The Bertz CT molecular complexity index is 1680. The fourth-order valence-corrected chi connectivity index (χ4v) is 5.68. The SMILES string of the molecule is O=c1sc2cc(S(=O)(=O)NCc3nc(-c4ccc(Cl)cc4)no3)ccc2n1Cc1ccc(Cl)cc1. The van der Waals surface area contributed by atoms with E-state index in [2.05, 4.69) is 14.9 Å². The molecule has 2 heterocycles. The predicted molar refractivity (Wildman–Crippen MR) is 135 cm³/mol. The molecule has 12 heteroatoms. The van der Waals surface area contributed by atoms with Gasteiger partial charge in [-0.05, 0) is 60.2 Å². The second-order valence-corrected chi connectivity index (χ2v) is 11.2. The highest BCUT2D eigenvalue weighted by Gasteiger charge is 2.19. The van der Waals surface area contributed by atoms with Gasteiger partial charge in [-0.1, -0.05) is 51.8 Å². The van der Waals surface area contributed by atoms with Crippen LogP contribution in [-0.4, -0.2) is 23.1 Å². The van der Waals surface area contributed by atoms with Gasteiger partial charge in [0.25, 0.3) is 0 Å². The summed E-state index contributed by atoms with van der Waals surface area (Å²) in [4.78, 5) is 16.6. The molecule has 0 aliphatic rings. The van der Waals surface area contributed by atoms with Gasteiger partial charge in [-0.3, -0.25) is 9.36 Å². The Labute approximate surface area is 213 Å². The van der Waals surface area contributed by atoms with Crippen LogP contribution in [0, 0.1) is 0 Å². The lowest BCUT2D eigenvalue weighted by Gasteiger charge is -2.07. The van der Waals surface area contributed by atoms with Crippen molar-refractivity contribution < 1.29 is 12.9 Å². The van der Waals surface area contributed by atoms with Crippen molar-refractivity contribution in [1.82, 2.24) is 19.4 Å². The second kappa shape index (κ2) is 9.56. The van der Waals surface area contributed by atoms with Crippen molar-refractivity contribution in [2.45, 2.75) is 18.0 Å². The summed E-state index contributed by atoms with van der Waals surface area (Å²) in [5.74, 6) is 0.433. The summed E-state index contributed by atoms with van der Waals surface area (Å²) in [6.07, 6.45) is 0. The zero-order valence-electron chi connectivity index (χ0n) is 17.8. The molecule has 0 saturated carbocycles. The van der Waals surface area contributed by atoms with E-state index in [1.165, 1.54) is 12.1 Å². The van der Waals surface area contributed by atoms with Gasteiger partial charge in [-0.2, -0.15) is 4.98 Å². The van der Waals surface area contributed by atoms with Crippen LogP contribution in [0.2, 0.25) is 10.0 Å². The fraction of sp³-hybridized carbons (Fsp3) is 0.0870. The van der Waals surface area contributed by atoms with E-state index >= 15 is 0 Å². The van der Waals surface area contributed by atoms with Crippen LogP contribution in [0.25, 0.3) is 21.6 Å². The van der Waals surface area contributed by atoms with Crippen LogP contribution in [0.5, 0.6) is 0 Å². The van der Waals surface area contributed by atoms with Gasteiger partial charge in [0, 0.05) is 15.6 Å². The third kappa shape index (κ3) is 5.16. The molecule has 5 aromatic rings. The monoisotopic (exact) mass is 546 g/mol. The number of halogens is 2. The first-order chi connectivity index (χ1) is 16.8. The van der Waals surface area contributed by atoms with E-state index in [0.29, 0.717) is 38.2 Å². The number of hydrogen-bond donors (Lipinski definition) is 1. The number of rotatable bonds is 7. The Balaban J connectivity index is 1.33. The third-order valence-electron chi connectivity index (χ3n) is 5.19. The molecule has 8 nitrogen and oxygen atoms in total. The Morgan fingerprint density at radius 1 is 0.971 bits per heavy atom. The molecule has 0 radical (unpaired) electrons. The molecule has 178 valence electrons. The number of thiazole rings is 1. The average molecular weight is 547 g/mol. The van der Waals surface area contributed by atoms with Gasteiger partial charge < -0.3 is 4.52 Å².